The Labute approximate surface area is 186 Å². The van der Waals surface area contributed by atoms with Crippen LogP contribution >= 0.6 is 11.3 Å². The molecule has 0 aromatic carbocycles. The Bertz CT molecular complexity index is 1230. The highest BCUT2D eigenvalue weighted by atomic mass is 32.1. The molecule has 0 spiro atoms. The van der Waals surface area contributed by atoms with Crippen LogP contribution < -0.4 is 5.32 Å². The first kappa shape index (κ1) is 20.5. The fraction of sp³-hybridized carbons (Fsp3) is 0.286. The zero-order chi connectivity index (χ0) is 22.1. The molecule has 11 heteroatoms. The van der Waals surface area contributed by atoms with Crippen LogP contribution in [0.1, 0.15) is 36.3 Å². The Morgan fingerprint density at radius 1 is 1.44 bits per heavy atom. The van der Waals surface area contributed by atoms with E-state index in [1.165, 1.54) is 29.7 Å². The van der Waals surface area contributed by atoms with Crippen LogP contribution in [0.15, 0.2) is 42.3 Å². The molecular weight excluding hydrogens is 433 g/mol. The SMILES string of the molecule is CCO[C@H]1C[C@@H](n2cc(NC(=O)c3csc(-c4cn[nH]c4)n3)c(-c3cc(F)ccn3)n2)C1. The second-order valence-corrected chi connectivity index (χ2v) is 8.27. The van der Waals surface area contributed by atoms with Crippen LogP contribution in [0.5, 0.6) is 0 Å². The minimum absolute atomic E-state index is 0.150. The van der Waals surface area contributed by atoms with Gasteiger partial charge in [-0.15, -0.1) is 11.3 Å². The maximum absolute atomic E-state index is 13.8. The van der Waals surface area contributed by atoms with E-state index >= 15 is 0 Å². The molecule has 1 saturated carbocycles. The summed E-state index contributed by atoms with van der Waals surface area (Å²) in [5, 5.41) is 16.5. The first-order valence-corrected chi connectivity index (χ1v) is 11.1. The van der Waals surface area contributed by atoms with Gasteiger partial charge in [0.2, 0.25) is 0 Å². The molecule has 1 fully saturated rings. The molecule has 1 aliphatic carbocycles. The summed E-state index contributed by atoms with van der Waals surface area (Å²) in [5.74, 6) is -0.805. The zero-order valence-corrected chi connectivity index (χ0v) is 18.0. The molecule has 5 rings (SSSR count). The van der Waals surface area contributed by atoms with Gasteiger partial charge in [-0.2, -0.15) is 10.2 Å². The first-order chi connectivity index (χ1) is 15.6. The Kier molecular flexibility index (Phi) is 5.50. The summed E-state index contributed by atoms with van der Waals surface area (Å²) in [6, 6.07) is 2.71. The fourth-order valence-corrected chi connectivity index (χ4v) is 4.37. The molecular formula is C21H20FN7O2S. The number of pyridine rings is 1. The minimum atomic E-state index is -0.425. The van der Waals surface area contributed by atoms with Crippen molar-refractivity contribution in [1.29, 1.82) is 0 Å². The lowest BCUT2D eigenvalue weighted by Gasteiger charge is -2.34. The second kappa shape index (κ2) is 8.60. The van der Waals surface area contributed by atoms with E-state index in [0.29, 0.717) is 28.7 Å². The van der Waals surface area contributed by atoms with Crippen molar-refractivity contribution in [2.24, 2.45) is 0 Å². The molecule has 0 aliphatic heterocycles. The molecule has 9 nitrogen and oxygen atoms in total. The van der Waals surface area contributed by atoms with Crippen LogP contribution in [0.3, 0.4) is 0 Å². The van der Waals surface area contributed by atoms with Crippen LogP contribution in [0.2, 0.25) is 0 Å². The number of nitrogens with zero attached hydrogens (tertiary/aromatic N) is 5. The van der Waals surface area contributed by atoms with E-state index in [2.05, 4.69) is 30.6 Å². The molecule has 1 amide bonds. The Hall–Kier alpha value is -3.44. The molecule has 0 saturated heterocycles. The molecule has 32 heavy (non-hydrogen) atoms. The predicted octanol–water partition coefficient (Wildman–Crippen LogP) is 3.92. The van der Waals surface area contributed by atoms with Crippen molar-refractivity contribution < 1.29 is 13.9 Å². The van der Waals surface area contributed by atoms with Gasteiger partial charge in [0, 0.05) is 42.2 Å². The monoisotopic (exact) mass is 453 g/mol. The molecule has 0 atom stereocenters. The standard InChI is InChI=1S/C21H20FN7O2S/c1-2-31-15-6-14(7-15)29-10-17(19(28-29)16-5-13(22)3-4-23-16)26-20(30)18-11-32-21(27-18)12-8-24-25-9-12/h3-5,8-11,14-15H,2,6-7H2,1H3,(H,24,25)(H,26,30)/t14-,15+. The molecule has 1 aliphatic rings. The van der Waals surface area contributed by atoms with Crippen molar-refractivity contribution >= 4 is 22.9 Å². The van der Waals surface area contributed by atoms with Crippen LogP contribution in [0, 0.1) is 5.82 Å². The quantitative estimate of drug-likeness (QED) is 0.439. The summed E-state index contributed by atoms with van der Waals surface area (Å²) < 4.78 is 21.3. The van der Waals surface area contributed by atoms with Crippen molar-refractivity contribution in [1.82, 2.24) is 29.9 Å². The van der Waals surface area contributed by atoms with Gasteiger partial charge in [-0.3, -0.25) is 19.6 Å². The number of thiazole rings is 1. The number of nitrogens with one attached hydrogen (secondary N) is 2. The number of hydrogen-bond donors (Lipinski definition) is 2. The molecule has 0 bridgehead atoms. The van der Waals surface area contributed by atoms with Gasteiger partial charge < -0.3 is 10.1 Å². The summed E-state index contributed by atoms with van der Waals surface area (Å²) in [4.78, 5) is 21.5. The minimum Gasteiger partial charge on any atom is -0.378 e. The van der Waals surface area contributed by atoms with Gasteiger partial charge in [-0.05, 0) is 25.8 Å². The Morgan fingerprint density at radius 2 is 2.31 bits per heavy atom. The lowest BCUT2D eigenvalue weighted by molar-refractivity contribution is -0.0226. The molecule has 4 heterocycles. The third-order valence-corrected chi connectivity index (χ3v) is 6.16. The molecule has 2 N–H and O–H groups in total. The zero-order valence-electron chi connectivity index (χ0n) is 17.2. The molecule has 4 aromatic heterocycles. The van der Waals surface area contributed by atoms with Gasteiger partial charge in [0.15, 0.2) is 0 Å². The van der Waals surface area contributed by atoms with E-state index in [-0.39, 0.29) is 23.7 Å². The van der Waals surface area contributed by atoms with Gasteiger partial charge in [0.05, 0.1) is 29.7 Å². The number of amides is 1. The average Bonchev–Trinajstić information content (AvgIpc) is 3.50. The number of ether oxygens (including phenoxy) is 1. The topological polar surface area (TPSA) is 111 Å². The lowest BCUT2D eigenvalue weighted by atomic mass is 9.89. The summed E-state index contributed by atoms with van der Waals surface area (Å²) >= 11 is 1.35. The largest absolute Gasteiger partial charge is 0.378 e. The van der Waals surface area contributed by atoms with E-state index in [9.17, 15) is 9.18 Å². The number of hydrogen-bond acceptors (Lipinski definition) is 7. The van der Waals surface area contributed by atoms with Crippen molar-refractivity contribution in [2.75, 3.05) is 11.9 Å². The van der Waals surface area contributed by atoms with E-state index in [1.54, 1.807) is 28.7 Å². The summed E-state index contributed by atoms with van der Waals surface area (Å²) in [5.41, 5.74) is 2.28. The average molecular weight is 454 g/mol. The number of aromatic amines is 1. The fourth-order valence-electron chi connectivity index (χ4n) is 3.58. The third-order valence-electron chi connectivity index (χ3n) is 5.27. The first-order valence-electron chi connectivity index (χ1n) is 10.2. The number of anilines is 1. The second-order valence-electron chi connectivity index (χ2n) is 7.41. The number of rotatable bonds is 7. The number of carbonyl (C=O) groups excluding carboxylic acids is 1. The van der Waals surface area contributed by atoms with E-state index in [4.69, 9.17) is 4.74 Å². The van der Waals surface area contributed by atoms with Crippen LogP contribution in [-0.2, 0) is 4.74 Å². The number of carbonyl (C=O) groups is 1. The van der Waals surface area contributed by atoms with Crippen LogP contribution in [-0.4, -0.2) is 48.6 Å². The van der Waals surface area contributed by atoms with Crippen molar-refractivity contribution in [2.45, 2.75) is 31.9 Å². The number of H-pyrrole nitrogens is 1. The van der Waals surface area contributed by atoms with Crippen LogP contribution in [0.4, 0.5) is 10.1 Å². The predicted molar refractivity (Wildman–Crippen MR) is 117 cm³/mol. The lowest BCUT2D eigenvalue weighted by Crippen LogP contribution is -2.33. The maximum atomic E-state index is 13.8. The van der Waals surface area contributed by atoms with Gasteiger partial charge in [0.1, 0.15) is 22.2 Å². The highest BCUT2D eigenvalue weighted by Crippen LogP contribution is 2.37. The molecule has 0 radical (unpaired) electrons. The highest BCUT2D eigenvalue weighted by molar-refractivity contribution is 7.13. The van der Waals surface area contributed by atoms with Gasteiger partial charge in [0.25, 0.3) is 5.91 Å². The van der Waals surface area contributed by atoms with Gasteiger partial charge in [-0.1, -0.05) is 0 Å². The molecule has 4 aromatic rings. The third kappa shape index (κ3) is 4.04. The summed E-state index contributed by atoms with van der Waals surface area (Å²) in [6.07, 6.45) is 8.37. The van der Waals surface area contributed by atoms with E-state index < -0.39 is 5.82 Å². The van der Waals surface area contributed by atoms with Crippen molar-refractivity contribution in [3.63, 3.8) is 0 Å². The Balaban J connectivity index is 1.41. The highest BCUT2D eigenvalue weighted by Gasteiger charge is 2.32. The smallest absolute Gasteiger partial charge is 0.275 e. The van der Waals surface area contributed by atoms with Gasteiger partial charge >= 0.3 is 0 Å². The van der Waals surface area contributed by atoms with Gasteiger partial charge in [-0.25, -0.2) is 9.37 Å². The van der Waals surface area contributed by atoms with Crippen molar-refractivity contribution in [3.8, 4) is 22.0 Å². The number of aromatic nitrogens is 6. The Morgan fingerprint density at radius 3 is 3.06 bits per heavy atom. The van der Waals surface area contributed by atoms with Crippen LogP contribution in [0.25, 0.3) is 22.0 Å². The maximum Gasteiger partial charge on any atom is 0.275 e. The van der Waals surface area contributed by atoms with E-state index in [1.807, 2.05) is 6.92 Å². The summed E-state index contributed by atoms with van der Waals surface area (Å²) in [6.45, 7) is 2.64. The molecule has 164 valence electrons. The van der Waals surface area contributed by atoms with E-state index in [0.717, 1.165) is 18.4 Å². The number of halogens is 1. The normalized spacial score (nSPS) is 17.8. The summed E-state index contributed by atoms with van der Waals surface area (Å²) in [7, 11) is 0. The van der Waals surface area contributed by atoms with Crippen molar-refractivity contribution in [3.05, 3.63) is 53.8 Å². The molecule has 0 unspecified atom stereocenters.